The fraction of sp³-hybridized carbons (Fsp3) is 0.200. The van der Waals surface area contributed by atoms with E-state index in [1.807, 2.05) is 24.3 Å². The van der Waals surface area contributed by atoms with Crippen LogP contribution in [0, 0.1) is 0 Å². The number of hydrazone groups is 1. The van der Waals surface area contributed by atoms with E-state index in [0.29, 0.717) is 0 Å². The summed E-state index contributed by atoms with van der Waals surface area (Å²) in [6, 6.07) is 7.52. The number of nitrogens with two attached hydrogens (primary N) is 1. The highest BCUT2D eigenvalue weighted by Crippen LogP contribution is 2.09. The molecular weight excluding hydrogens is 210 g/mol. The Hall–Kier alpha value is -1.62. The van der Waals surface area contributed by atoms with Gasteiger partial charge in [-0.15, -0.1) is 0 Å². The third kappa shape index (κ3) is 3.55. The summed E-state index contributed by atoms with van der Waals surface area (Å²) in [6.45, 7) is 0. The first-order chi connectivity index (χ1) is 7.13. The van der Waals surface area contributed by atoms with Gasteiger partial charge in [-0.3, -0.25) is 0 Å². The molecule has 4 nitrogen and oxygen atoms in total. The Morgan fingerprint density at radius 3 is 2.53 bits per heavy atom. The van der Waals surface area contributed by atoms with Gasteiger partial charge in [0.15, 0.2) is 5.11 Å². The van der Waals surface area contributed by atoms with E-state index < -0.39 is 0 Å². The Bertz CT molecular complexity index is 361. The van der Waals surface area contributed by atoms with E-state index in [0.717, 1.165) is 11.3 Å². The quantitative estimate of drug-likeness (QED) is 0.475. The number of hydrogen-bond donors (Lipinski definition) is 1. The van der Waals surface area contributed by atoms with Crippen LogP contribution in [-0.4, -0.2) is 30.5 Å². The van der Waals surface area contributed by atoms with Crippen LogP contribution in [0.1, 0.15) is 5.56 Å². The Labute approximate surface area is 94.3 Å². The molecule has 0 atom stereocenters. The zero-order valence-electron chi connectivity index (χ0n) is 8.68. The summed E-state index contributed by atoms with van der Waals surface area (Å²) in [7, 11) is 3.33. The van der Waals surface area contributed by atoms with E-state index in [1.54, 1.807) is 20.4 Å². The van der Waals surface area contributed by atoms with Crippen molar-refractivity contribution in [1.82, 2.24) is 5.01 Å². The molecule has 0 aliphatic rings. The summed E-state index contributed by atoms with van der Waals surface area (Å²) in [5.41, 5.74) is 6.33. The molecule has 0 aromatic heterocycles. The number of ether oxygens (including phenoxy) is 1. The molecule has 0 radical (unpaired) electrons. The number of benzene rings is 1. The second-order valence-corrected chi connectivity index (χ2v) is 3.30. The van der Waals surface area contributed by atoms with Gasteiger partial charge in [0.25, 0.3) is 0 Å². The molecule has 80 valence electrons. The first-order valence-corrected chi connectivity index (χ1v) is 4.75. The van der Waals surface area contributed by atoms with Gasteiger partial charge in [0.05, 0.1) is 13.3 Å². The number of thiocarbonyl (C=S) groups is 1. The molecule has 0 saturated heterocycles. The Balaban J connectivity index is 2.68. The van der Waals surface area contributed by atoms with Crippen LogP contribution in [-0.2, 0) is 0 Å². The molecule has 0 fully saturated rings. The highest BCUT2D eigenvalue weighted by atomic mass is 32.1. The molecule has 0 saturated carbocycles. The Kier molecular flexibility index (Phi) is 4.05. The van der Waals surface area contributed by atoms with Crippen LogP contribution in [0.2, 0.25) is 0 Å². The van der Waals surface area contributed by atoms with Crippen molar-refractivity contribution in [1.29, 1.82) is 0 Å². The van der Waals surface area contributed by atoms with Crippen LogP contribution < -0.4 is 10.5 Å². The van der Waals surface area contributed by atoms with Crippen LogP contribution in [0.4, 0.5) is 0 Å². The molecule has 15 heavy (non-hydrogen) atoms. The normalized spacial score (nSPS) is 10.3. The van der Waals surface area contributed by atoms with Gasteiger partial charge in [0, 0.05) is 7.05 Å². The van der Waals surface area contributed by atoms with Crippen molar-refractivity contribution in [3.8, 4) is 5.75 Å². The maximum Gasteiger partial charge on any atom is 0.186 e. The van der Waals surface area contributed by atoms with Crippen molar-refractivity contribution in [3.63, 3.8) is 0 Å². The smallest absolute Gasteiger partial charge is 0.186 e. The van der Waals surface area contributed by atoms with Gasteiger partial charge in [0.1, 0.15) is 5.75 Å². The van der Waals surface area contributed by atoms with Crippen molar-refractivity contribution in [3.05, 3.63) is 29.8 Å². The molecule has 0 spiro atoms. The molecule has 0 aliphatic heterocycles. The average molecular weight is 223 g/mol. The van der Waals surface area contributed by atoms with E-state index in [1.165, 1.54) is 5.01 Å². The lowest BCUT2D eigenvalue weighted by molar-refractivity contribution is 0.415. The van der Waals surface area contributed by atoms with Crippen molar-refractivity contribution >= 4 is 23.5 Å². The zero-order chi connectivity index (χ0) is 11.3. The highest BCUT2D eigenvalue weighted by molar-refractivity contribution is 7.80. The Morgan fingerprint density at radius 2 is 2.07 bits per heavy atom. The fourth-order valence-corrected chi connectivity index (χ4v) is 0.947. The molecule has 1 rings (SSSR count). The second kappa shape index (κ2) is 5.31. The Morgan fingerprint density at radius 1 is 1.47 bits per heavy atom. The zero-order valence-corrected chi connectivity index (χ0v) is 9.49. The summed E-state index contributed by atoms with van der Waals surface area (Å²) < 4.78 is 5.04. The lowest BCUT2D eigenvalue weighted by Crippen LogP contribution is -2.27. The molecule has 2 N–H and O–H groups in total. The van der Waals surface area contributed by atoms with Crippen LogP contribution in [0.5, 0.6) is 5.75 Å². The van der Waals surface area contributed by atoms with Gasteiger partial charge in [-0.1, -0.05) is 0 Å². The maximum absolute atomic E-state index is 5.37. The minimum atomic E-state index is 0.236. The largest absolute Gasteiger partial charge is 0.497 e. The average Bonchev–Trinajstić information content (AvgIpc) is 2.26. The second-order valence-electron chi connectivity index (χ2n) is 2.88. The van der Waals surface area contributed by atoms with Crippen molar-refractivity contribution in [2.24, 2.45) is 10.8 Å². The van der Waals surface area contributed by atoms with Crippen LogP contribution in [0.25, 0.3) is 0 Å². The van der Waals surface area contributed by atoms with Gasteiger partial charge in [-0.05, 0) is 42.0 Å². The first-order valence-electron chi connectivity index (χ1n) is 4.34. The van der Waals surface area contributed by atoms with Crippen molar-refractivity contribution < 1.29 is 4.74 Å². The van der Waals surface area contributed by atoms with E-state index in [-0.39, 0.29) is 5.11 Å². The molecule has 0 aliphatic carbocycles. The topological polar surface area (TPSA) is 50.8 Å². The van der Waals surface area contributed by atoms with Gasteiger partial charge in [0.2, 0.25) is 0 Å². The van der Waals surface area contributed by atoms with E-state index in [2.05, 4.69) is 5.10 Å². The molecule has 0 unspecified atom stereocenters. The summed E-state index contributed by atoms with van der Waals surface area (Å²) in [5, 5.41) is 5.72. The molecule has 1 aromatic carbocycles. The van der Waals surface area contributed by atoms with Crippen LogP contribution in [0.15, 0.2) is 29.4 Å². The predicted octanol–water partition coefficient (Wildman–Crippen LogP) is 1.20. The van der Waals surface area contributed by atoms with Gasteiger partial charge in [-0.25, -0.2) is 5.01 Å². The van der Waals surface area contributed by atoms with Gasteiger partial charge < -0.3 is 10.5 Å². The predicted molar refractivity (Wildman–Crippen MR) is 65.1 cm³/mol. The summed E-state index contributed by atoms with van der Waals surface area (Å²) in [4.78, 5) is 0. The summed E-state index contributed by atoms with van der Waals surface area (Å²) >= 11 is 4.74. The van der Waals surface area contributed by atoms with Gasteiger partial charge in [-0.2, -0.15) is 5.10 Å². The van der Waals surface area contributed by atoms with Crippen molar-refractivity contribution in [2.75, 3.05) is 14.2 Å². The fourth-order valence-electron chi connectivity index (χ4n) is 0.900. The minimum Gasteiger partial charge on any atom is -0.497 e. The van der Waals surface area contributed by atoms with E-state index in [4.69, 9.17) is 22.7 Å². The lowest BCUT2D eigenvalue weighted by Gasteiger charge is -2.08. The minimum absolute atomic E-state index is 0.236. The SMILES string of the molecule is COc1ccc(/C=N\N(C)C(N)=S)cc1. The molecular formula is C10H13N3OS. The maximum atomic E-state index is 5.37. The third-order valence-electron chi connectivity index (χ3n) is 1.81. The number of hydrogen-bond acceptors (Lipinski definition) is 3. The third-order valence-corrected chi connectivity index (χ3v) is 2.08. The monoisotopic (exact) mass is 223 g/mol. The number of rotatable bonds is 3. The summed E-state index contributed by atoms with van der Waals surface area (Å²) in [6.07, 6.45) is 1.68. The molecule has 0 amide bonds. The summed E-state index contributed by atoms with van der Waals surface area (Å²) in [5.74, 6) is 0.815. The first kappa shape index (κ1) is 11.5. The molecule has 0 heterocycles. The number of methoxy groups -OCH3 is 1. The lowest BCUT2D eigenvalue weighted by atomic mass is 10.2. The van der Waals surface area contributed by atoms with E-state index >= 15 is 0 Å². The van der Waals surface area contributed by atoms with Crippen LogP contribution in [0.3, 0.4) is 0 Å². The van der Waals surface area contributed by atoms with Crippen molar-refractivity contribution in [2.45, 2.75) is 0 Å². The highest BCUT2D eigenvalue weighted by Gasteiger charge is 1.94. The standard InChI is InChI=1S/C10H13N3OS/c1-13(10(11)15)12-7-8-3-5-9(14-2)6-4-8/h3-7H,1-2H3,(H2,11,15)/b12-7-. The van der Waals surface area contributed by atoms with Crippen LogP contribution >= 0.6 is 12.2 Å². The number of nitrogens with zero attached hydrogens (tertiary/aromatic N) is 2. The molecule has 0 bridgehead atoms. The molecule has 1 aromatic rings. The molecule has 5 heteroatoms. The van der Waals surface area contributed by atoms with E-state index in [9.17, 15) is 0 Å². The van der Waals surface area contributed by atoms with Gasteiger partial charge >= 0.3 is 0 Å².